The number of nitrogens with zero attached hydrogens (tertiary/aromatic N) is 2. The number of likely N-dealkylation sites (tertiary alicyclic amines) is 1. The lowest BCUT2D eigenvalue weighted by Crippen LogP contribution is -2.46. The van der Waals surface area contributed by atoms with Gasteiger partial charge in [-0.2, -0.15) is 0 Å². The number of halogens is 3. The number of rotatable bonds is 5. The molecule has 0 spiro atoms. The molecule has 0 unspecified atom stereocenters. The predicted molar refractivity (Wildman–Crippen MR) is 105 cm³/mol. The van der Waals surface area contributed by atoms with Gasteiger partial charge in [-0.25, -0.2) is 13.8 Å². The van der Waals surface area contributed by atoms with Crippen LogP contribution in [0.2, 0.25) is 5.02 Å². The molecule has 144 valence electrons. The summed E-state index contributed by atoms with van der Waals surface area (Å²) in [4.78, 5) is 6.54. The van der Waals surface area contributed by atoms with E-state index in [4.69, 9.17) is 17.3 Å². The van der Waals surface area contributed by atoms with Crippen LogP contribution in [0.3, 0.4) is 0 Å². The van der Waals surface area contributed by atoms with Crippen molar-refractivity contribution in [1.29, 1.82) is 0 Å². The number of nitrogens with one attached hydrogen (secondary N) is 1. The molecule has 7 heteroatoms. The van der Waals surface area contributed by atoms with Gasteiger partial charge in [0.2, 0.25) is 0 Å². The summed E-state index contributed by atoms with van der Waals surface area (Å²) in [6.45, 7) is 2.85. The van der Waals surface area contributed by atoms with Gasteiger partial charge in [-0.1, -0.05) is 41.9 Å². The summed E-state index contributed by atoms with van der Waals surface area (Å²) in [6, 6.07) is 12.6. The Hall–Kier alpha value is -2.18. The van der Waals surface area contributed by atoms with E-state index in [9.17, 15) is 8.78 Å². The first-order chi connectivity index (χ1) is 13.0. The van der Waals surface area contributed by atoms with Gasteiger partial charge < -0.3 is 11.1 Å². The van der Waals surface area contributed by atoms with E-state index in [1.165, 1.54) is 5.56 Å². The molecule has 0 atom stereocenters. The monoisotopic (exact) mass is 392 g/mol. The minimum atomic E-state index is -0.666. The highest BCUT2D eigenvalue weighted by Crippen LogP contribution is 2.20. The molecular weight excluding hydrogens is 370 g/mol. The molecule has 1 saturated heterocycles. The number of hydrogen-bond acceptors (Lipinski definition) is 2. The van der Waals surface area contributed by atoms with E-state index >= 15 is 0 Å². The zero-order valence-electron chi connectivity index (χ0n) is 15.0. The third-order valence-corrected chi connectivity index (χ3v) is 4.99. The largest absolute Gasteiger partial charge is 0.370 e. The molecule has 1 aliphatic heterocycles. The normalized spacial score (nSPS) is 16.5. The standard InChI is InChI=1S/C20H23ClF2N4/c21-17-11-18(22)15(10-19(17)23)12-25-20(24)26-16-6-8-27(9-7-16)13-14-4-2-1-3-5-14/h1-5,10-11,16H,6-9,12-13H2,(H3,24,25,26). The van der Waals surface area contributed by atoms with Crippen molar-refractivity contribution in [3.8, 4) is 0 Å². The number of piperidine rings is 1. The average Bonchev–Trinajstić information content (AvgIpc) is 2.66. The van der Waals surface area contributed by atoms with E-state index in [0.29, 0.717) is 0 Å². The fourth-order valence-corrected chi connectivity index (χ4v) is 3.34. The second-order valence-electron chi connectivity index (χ2n) is 6.74. The van der Waals surface area contributed by atoms with Crippen LogP contribution in [0.4, 0.5) is 8.78 Å². The quantitative estimate of drug-likeness (QED) is 0.463. The van der Waals surface area contributed by atoms with Crippen molar-refractivity contribution in [2.24, 2.45) is 10.7 Å². The van der Waals surface area contributed by atoms with Crippen molar-refractivity contribution in [1.82, 2.24) is 10.2 Å². The van der Waals surface area contributed by atoms with E-state index in [-0.39, 0.29) is 29.1 Å². The second-order valence-corrected chi connectivity index (χ2v) is 7.15. The Morgan fingerprint density at radius 2 is 1.85 bits per heavy atom. The first-order valence-corrected chi connectivity index (χ1v) is 9.35. The average molecular weight is 393 g/mol. The van der Waals surface area contributed by atoms with Gasteiger partial charge in [0.1, 0.15) is 11.6 Å². The molecule has 0 radical (unpaired) electrons. The van der Waals surface area contributed by atoms with Crippen molar-refractivity contribution in [2.75, 3.05) is 13.1 Å². The lowest BCUT2D eigenvalue weighted by molar-refractivity contribution is 0.199. The van der Waals surface area contributed by atoms with Crippen molar-refractivity contribution in [2.45, 2.75) is 32.0 Å². The topological polar surface area (TPSA) is 53.6 Å². The summed E-state index contributed by atoms with van der Waals surface area (Å²) >= 11 is 5.55. The van der Waals surface area contributed by atoms with Crippen LogP contribution in [0.15, 0.2) is 47.5 Å². The number of guanidine groups is 1. The molecule has 2 aromatic rings. The van der Waals surface area contributed by atoms with Crippen LogP contribution in [-0.2, 0) is 13.1 Å². The van der Waals surface area contributed by atoms with Crippen LogP contribution >= 0.6 is 11.6 Å². The number of benzene rings is 2. The predicted octanol–water partition coefficient (Wildman–Crippen LogP) is 3.69. The van der Waals surface area contributed by atoms with Gasteiger partial charge in [0.25, 0.3) is 0 Å². The summed E-state index contributed by atoms with van der Waals surface area (Å²) in [5.74, 6) is -1.01. The van der Waals surface area contributed by atoms with E-state index in [1.54, 1.807) is 0 Å². The van der Waals surface area contributed by atoms with Crippen LogP contribution < -0.4 is 11.1 Å². The third-order valence-electron chi connectivity index (χ3n) is 4.70. The van der Waals surface area contributed by atoms with Crippen LogP contribution in [0, 0.1) is 11.6 Å². The number of nitrogens with two attached hydrogens (primary N) is 1. The molecule has 0 saturated carbocycles. The molecule has 0 amide bonds. The Bertz CT molecular complexity index is 790. The molecule has 0 aliphatic carbocycles. The summed E-state index contributed by atoms with van der Waals surface area (Å²) in [5, 5.41) is 2.94. The molecular formula is C20H23ClF2N4. The Kier molecular flexibility index (Phi) is 6.63. The molecule has 3 rings (SSSR count). The zero-order chi connectivity index (χ0) is 19.2. The van der Waals surface area contributed by atoms with Crippen LogP contribution in [0.1, 0.15) is 24.0 Å². The van der Waals surface area contributed by atoms with Crippen molar-refractivity contribution in [3.63, 3.8) is 0 Å². The second kappa shape index (κ2) is 9.15. The molecule has 4 nitrogen and oxygen atoms in total. The molecule has 0 aromatic heterocycles. The maximum atomic E-state index is 13.8. The van der Waals surface area contributed by atoms with Crippen LogP contribution in [0.25, 0.3) is 0 Å². The van der Waals surface area contributed by atoms with E-state index in [2.05, 4.69) is 39.5 Å². The maximum absolute atomic E-state index is 13.8. The maximum Gasteiger partial charge on any atom is 0.189 e. The van der Waals surface area contributed by atoms with Crippen molar-refractivity contribution in [3.05, 3.63) is 70.2 Å². The molecule has 1 aliphatic rings. The minimum absolute atomic E-state index is 0.0361. The first kappa shape index (κ1) is 19.6. The Morgan fingerprint density at radius 3 is 2.56 bits per heavy atom. The van der Waals surface area contributed by atoms with Gasteiger partial charge in [0.05, 0.1) is 11.6 Å². The van der Waals surface area contributed by atoms with Crippen LogP contribution in [0.5, 0.6) is 0 Å². The summed E-state index contributed by atoms with van der Waals surface area (Å²) in [5.41, 5.74) is 7.34. The lowest BCUT2D eigenvalue weighted by atomic mass is 10.0. The molecule has 27 heavy (non-hydrogen) atoms. The van der Waals surface area contributed by atoms with Gasteiger partial charge >= 0.3 is 0 Å². The highest BCUT2D eigenvalue weighted by molar-refractivity contribution is 6.30. The van der Waals surface area contributed by atoms with Gasteiger partial charge in [-0.15, -0.1) is 0 Å². The molecule has 3 N–H and O–H groups in total. The van der Waals surface area contributed by atoms with Crippen molar-refractivity contribution >= 4 is 17.6 Å². The van der Waals surface area contributed by atoms with Gasteiger partial charge in [-0.3, -0.25) is 4.90 Å². The molecule has 2 aromatic carbocycles. The highest BCUT2D eigenvalue weighted by atomic mass is 35.5. The SMILES string of the molecule is NC(=NCc1cc(F)c(Cl)cc1F)NC1CCN(Cc2ccccc2)CC1. The van der Waals surface area contributed by atoms with Crippen LogP contribution in [-0.4, -0.2) is 30.0 Å². The van der Waals surface area contributed by atoms with Gasteiger partial charge in [-0.05, 0) is 30.5 Å². The summed E-state index contributed by atoms with van der Waals surface area (Å²) in [6.07, 6.45) is 1.90. The van der Waals surface area contributed by atoms with E-state index in [1.807, 2.05) is 6.07 Å². The molecule has 0 bridgehead atoms. The van der Waals surface area contributed by atoms with Gasteiger partial charge in [0.15, 0.2) is 5.96 Å². The fourth-order valence-electron chi connectivity index (χ4n) is 3.19. The number of aliphatic imine (C=N–C) groups is 1. The minimum Gasteiger partial charge on any atom is -0.370 e. The van der Waals surface area contributed by atoms with E-state index < -0.39 is 11.6 Å². The number of hydrogen-bond donors (Lipinski definition) is 2. The smallest absolute Gasteiger partial charge is 0.189 e. The fraction of sp³-hybridized carbons (Fsp3) is 0.350. The molecule has 1 fully saturated rings. The molecule has 1 heterocycles. The first-order valence-electron chi connectivity index (χ1n) is 8.97. The van der Waals surface area contributed by atoms with Crippen molar-refractivity contribution < 1.29 is 8.78 Å². The van der Waals surface area contributed by atoms with E-state index in [0.717, 1.165) is 44.6 Å². The summed E-state index contributed by atoms with van der Waals surface area (Å²) < 4.78 is 27.2. The third kappa shape index (κ3) is 5.65. The Labute approximate surface area is 163 Å². The summed E-state index contributed by atoms with van der Waals surface area (Å²) in [7, 11) is 0. The Morgan fingerprint density at radius 1 is 1.15 bits per heavy atom. The zero-order valence-corrected chi connectivity index (χ0v) is 15.7. The Balaban J connectivity index is 1.47. The van der Waals surface area contributed by atoms with Gasteiger partial charge in [0, 0.05) is 31.2 Å². The highest BCUT2D eigenvalue weighted by Gasteiger charge is 2.19. The lowest BCUT2D eigenvalue weighted by Gasteiger charge is -2.32.